The Morgan fingerprint density at radius 2 is 2.42 bits per heavy atom. The third kappa shape index (κ3) is 1.54. The van der Waals surface area contributed by atoms with E-state index in [9.17, 15) is 0 Å². The summed E-state index contributed by atoms with van der Waals surface area (Å²) in [5, 5.41) is 6.41. The number of hydrogen-bond donors (Lipinski definition) is 1. The summed E-state index contributed by atoms with van der Waals surface area (Å²) in [7, 11) is 0. The van der Waals surface area contributed by atoms with Crippen molar-refractivity contribution >= 4 is 23.9 Å². The van der Waals surface area contributed by atoms with Gasteiger partial charge in [-0.25, -0.2) is 4.98 Å². The van der Waals surface area contributed by atoms with E-state index in [2.05, 4.69) is 23.9 Å². The molecule has 60 valence electrons. The van der Waals surface area contributed by atoms with Crippen LogP contribution in [0.2, 0.25) is 0 Å². The summed E-state index contributed by atoms with van der Waals surface area (Å²) in [6.07, 6.45) is 6.77. The highest BCUT2D eigenvalue weighted by atomic mass is 32.1. The van der Waals surface area contributed by atoms with Gasteiger partial charge in [0.2, 0.25) is 0 Å². The van der Waals surface area contributed by atoms with Gasteiger partial charge in [-0.3, -0.25) is 5.10 Å². The van der Waals surface area contributed by atoms with E-state index in [1.54, 1.807) is 12.3 Å². The molecule has 2 aromatic rings. The van der Waals surface area contributed by atoms with Crippen LogP contribution in [0.3, 0.4) is 0 Å². The van der Waals surface area contributed by atoms with Gasteiger partial charge in [-0.1, -0.05) is 0 Å². The van der Waals surface area contributed by atoms with Crippen LogP contribution in [-0.4, -0.2) is 23.9 Å². The Kier molecular flexibility index (Phi) is 1.91. The first-order chi connectivity index (χ1) is 5.95. The summed E-state index contributed by atoms with van der Waals surface area (Å²) >= 11 is 1.18. The van der Waals surface area contributed by atoms with Crippen LogP contribution < -0.4 is 0 Å². The van der Waals surface area contributed by atoms with E-state index < -0.39 is 0 Å². The normalized spacial score (nSPS) is 11.0. The zero-order chi connectivity index (χ0) is 8.23. The molecule has 0 amide bonds. The van der Waals surface area contributed by atoms with Crippen LogP contribution in [0.5, 0.6) is 0 Å². The van der Waals surface area contributed by atoms with E-state index in [0.717, 1.165) is 5.69 Å². The molecule has 0 radical (unpaired) electrons. The number of hydrogen-bond acceptors (Lipinski definition) is 5. The van der Waals surface area contributed by atoms with Gasteiger partial charge in [0.1, 0.15) is 12.2 Å². The lowest BCUT2D eigenvalue weighted by Crippen LogP contribution is -1.74. The van der Waals surface area contributed by atoms with Gasteiger partial charge in [0.15, 0.2) is 0 Å². The van der Waals surface area contributed by atoms with Crippen molar-refractivity contribution in [1.29, 1.82) is 0 Å². The molecule has 12 heavy (non-hydrogen) atoms. The van der Waals surface area contributed by atoms with Gasteiger partial charge in [-0.05, 0) is 12.2 Å². The van der Waals surface area contributed by atoms with Crippen LogP contribution in [0.25, 0.3) is 12.2 Å². The monoisotopic (exact) mass is 179 g/mol. The smallest absolute Gasteiger partial charge is 0.148 e. The highest BCUT2D eigenvalue weighted by Gasteiger charge is 1.90. The minimum absolute atomic E-state index is 0.711. The molecule has 0 aliphatic carbocycles. The molecule has 0 aliphatic rings. The van der Waals surface area contributed by atoms with Crippen LogP contribution in [0, 0.1) is 0 Å². The topological polar surface area (TPSA) is 67.3 Å². The van der Waals surface area contributed by atoms with Crippen LogP contribution in [0.15, 0.2) is 12.5 Å². The van der Waals surface area contributed by atoms with Crippen LogP contribution >= 0.6 is 11.7 Å². The fraction of sp³-hybridized carbons (Fsp3) is 0. The van der Waals surface area contributed by atoms with Gasteiger partial charge in [-0.2, -0.15) is 13.8 Å². The summed E-state index contributed by atoms with van der Waals surface area (Å²) in [6, 6.07) is 0. The minimum atomic E-state index is 0.711. The fourth-order valence-electron chi connectivity index (χ4n) is 0.705. The molecule has 2 aromatic heterocycles. The predicted octanol–water partition coefficient (Wildman–Crippen LogP) is 0.827. The van der Waals surface area contributed by atoms with Crippen molar-refractivity contribution in [3.63, 3.8) is 0 Å². The van der Waals surface area contributed by atoms with E-state index in [4.69, 9.17) is 0 Å². The summed E-state index contributed by atoms with van der Waals surface area (Å²) in [4.78, 5) is 3.92. The molecule has 0 spiro atoms. The van der Waals surface area contributed by atoms with E-state index in [1.165, 1.54) is 18.1 Å². The highest BCUT2D eigenvalue weighted by Crippen LogP contribution is 2.00. The Bertz CT molecular complexity index is 313. The van der Waals surface area contributed by atoms with Crippen molar-refractivity contribution in [3.05, 3.63) is 24.0 Å². The minimum Gasteiger partial charge on any atom is -0.260 e. The number of rotatable bonds is 2. The zero-order valence-electron chi connectivity index (χ0n) is 6.01. The van der Waals surface area contributed by atoms with Crippen molar-refractivity contribution < 1.29 is 0 Å². The van der Waals surface area contributed by atoms with Crippen molar-refractivity contribution in [2.45, 2.75) is 0 Å². The first-order valence-corrected chi connectivity index (χ1v) is 3.99. The molecule has 0 fully saturated rings. The number of H-pyrrole nitrogens is 1. The summed E-state index contributed by atoms with van der Waals surface area (Å²) in [5.41, 5.74) is 0.830. The van der Waals surface area contributed by atoms with E-state index >= 15 is 0 Å². The molecule has 6 heteroatoms. The molecule has 2 rings (SSSR count). The largest absolute Gasteiger partial charge is 0.260 e. The van der Waals surface area contributed by atoms with Gasteiger partial charge in [0, 0.05) is 0 Å². The van der Waals surface area contributed by atoms with Gasteiger partial charge in [0.05, 0.1) is 23.6 Å². The lowest BCUT2D eigenvalue weighted by molar-refractivity contribution is 1.08. The molecule has 0 aromatic carbocycles. The maximum atomic E-state index is 4.00. The van der Waals surface area contributed by atoms with Gasteiger partial charge >= 0.3 is 0 Å². The second-order valence-electron chi connectivity index (χ2n) is 2.04. The molecule has 0 saturated heterocycles. The van der Waals surface area contributed by atoms with Gasteiger partial charge < -0.3 is 0 Å². The molecule has 0 unspecified atom stereocenters. The average Bonchev–Trinajstić information content (AvgIpc) is 2.74. The second kappa shape index (κ2) is 3.22. The molecular formula is C6H5N5S. The maximum absolute atomic E-state index is 4.00. The third-order valence-electron chi connectivity index (χ3n) is 1.22. The SMILES string of the molecule is C(=Cc1ncn[nH]1)c1cnsn1. The Hall–Kier alpha value is -1.56. The molecule has 1 N–H and O–H groups in total. The van der Waals surface area contributed by atoms with Gasteiger partial charge in [-0.15, -0.1) is 0 Å². The molecule has 0 aliphatic heterocycles. The Morgan fingerprint density at radius 1 is 1.42 bits per heavy atom. The summed E-state index contributed by atoms with van der Waals surface area (Å²) < 4.78 is 7.85. The van der Waals surface area contributed by atoms with Gasteiger partial charge in [0.25, 0.3) is 0 Å². The second-order valence-corrected chi connectivity index (χ2v) is 2.59. The lowest BCUT2D eigenvalue weighted by Gasteiger charge is -1.79. The molecule has 0 saturated carbocycles. The average molecular weight is 179 g/mol. The van der Waals surface area contributed by atoms with Crippen LogP contribution in [0.4, 0.5) is 0 Å². The Balaban J connectivity index is 2.14. The Labute approximate surface area is 72.5 Å². The van der Waals surface area contributed by atoms with E-state index in [1.807, 2.05) is 6.08 Å². The molecule has 0 atom stereocenters. The Morgan fingerprint density at radius 3 is 3.08 bits per heavy atom. The van der Waals surface area contributed by atoms with E-state index in [0.29, 0.717) is 5.82 Å². The van der Waals surface area contributed by atoms with Crippen molar-refractivity contribution in [2.75, 3.05) is 0 Å². The maximum Gasteiger partial charge on any atom is 0.148 e. The fourth-order valence-corrected chi connectivity index (χ4v) is 1.11. The predicted molar refractivity (Wildman–Crippen MR) is 45.2 cm³/mol. The highest BCUT2D eigenvalue weighted by molar-refractivity contribution is 6.99. The van der Waals surface area contributed by atoms with E-state index in [-0.39, 0.29) is 0 Å². The van der Waals surface area contributed by atoms with Crippen LogP contribution in [-0.2, 0) is 0 Å². The molecular weight excluding hydrogens is 174 g/mol. The summed E-state index contributed by atoms with van der Waals surface area (Å²) in [6.45, 7) is 0. The first-order valence-electron chi connectivity index (χ1n) is 3.26. The molecule has 5 nitrogen and oxygen atoms in total. The zero-order valence-corrected chi connectivity index (χ0v) is 6.82. The first kappa shape index (κ1) is 7.11. The summed E-state index contributed by atoms with van der Waals surface area (Å²) in [5.74, 6) is 0.711. The van der Waals surface area contributed by atoms with Crippen molar-refractivity contribution in [3.8, 4) is 0 Å². The number of aromatic nitrogens is 5. The quantitative estimate of drug-likeness (QED) is 0.741. The molecule has 2 heterocycles. The van der Waals surface area contributed by atoms with Crippen molar-refractivity contribution in [1.82, 2.24) is 23.9 Å². The standard InChI is InChI=1S/C6H5N5S/c1(5-3-9-12-11-5)2-6-7-4-8-10-6/h1-4H,(H,7,8,10). The molecule has 0 bridgehead atoms. The van der Waals surface area contributed by atoms with Crippen molar-refractivity contribution in [2.24, 2.45) is 0 Å². The lowest BCUT2D eigenvalue weighted by atomic mass is 10.4. The number of aromatic amines is 1. The number of nitrogens with zero attached hydrogens (tertiary/aromatic N) is 4. The van der Waals surface area contributed by atoms with Crippen LogP contribution in [0.1, 0.15) is 11.5 Å². The third-order valence-corrected chi connectivity index (χ3v) is 1.72. The number of nitrogens with one attached hydrogen (secondary N) is 1.